The highest BCUT2D eigenvalue weighted by Crippen LogP contribution is 2.28. The average Bonchev–Trinajstić information content (AvgIpc) is 3.25. The van der Waals surface area contributed by atoms with E-state index in [-0.39, 0.29) is 23.5 Å². The lowest BCUT2D eigenvalue weighted by Gasteiger charge is -2.13. The van der Waals surface area contributed by atoms with Gasteiger partial charge in [-0.25, -0.2) is 9.78 Å². The molecule has 0 bridgehead atoms. The van der Waals surface area contributed by atoms with Crippen LogP contribution >= 0.6 is 11.3 Å². The van der Waals surface area contributed by atoms with Gasteiger partial charge in [-0.1, -0.05) is 0 Å². The van der Waals surface area contributed by atoms with E-state index >= 15 is 0 Å². The van der Waals surface area contributed by atoms with E-state index in [1.165, 1.54) is 11.3 Å². The summed E-state index contributed by atoms with van der Waals surface area (Å²) in [6, 6.07) is 5.95. The topological polar surface area (TPSA) is 132 Å². The number of likely N-dealkylation sites (tertiary alicyclic amines) is 1. The van der Waals surface area contributed by atoms with Crippen LogP contribution in [0.4, 0.5) is 0 Å². The van der Waals surface area contributed by atoms with Crippen molar-refractivity contribution in [3.63, 3.8) is 0 Å². The lowest BCUT2D eigenvalue weighted by atomic mass is 10.3. The van der Waals surface area contributed by atoms with Crippen molar-refractivity contribution in [2.45, 2.75) is 31.7 Å². The van der Waals surface area contributed by atoms with Crippen LogP contribution in [0.25, 0.3) is 22.3 Å². The van der Waals surface area contributed by atoms with E-state index in [4.69, 9.17) is 9.98 Å². The van der Waals surface area contributed by atoms with Gasteiger partial charge in [0.25, 0.3) is 5.91 Å². The van der Waals surface area contributed by atoms with Crippen molar-refractivity contribution < 1.29 is 9.90 Å². The van der Waals surface area contributed by atoms with Crippen LogP contribution in [0.15, 0.2) is 34.2 Å². The van der Waals surface area contributed by atoms with Gasteiger partial charge in [-0.05, 0) is 43.9 Å². The summed E-state index contributed by atoms with van der Waals surface area (Å²) in [7, 11) is 0. The van der Waals surface area contributed by atoms with Crippen LogP contribution in [0.2, 0.25) is 0 Å². The molecular weight excluding hydrogens is 442 g/mol. The number of H-pyrrole nitrogens is 2. The number of aromatic nitrogens is 5. The molecule has 0 aromatic carbocycles. The summed E-state index contributed by atoms with van der Waals surface area (Å²) in [6.45, 7) is 1.62. The first kappa shape index (κ1) is 19.9. The Bertz CT molecular complexity index is 1550. The zero-order valence-corrected chi connectivity index (χ0v) is 18.4. The third kappa shape index (κ3) is 3.74. The fourth-order valence-electron chi connectivity index (χ4n) is 3.99. The summed E-state index contributed by atoms with van der Waals surface area (Å²) in [5.74, 6) is -0.181. The Kier molecular flexibility index (Phi) is 4.64. The Morgan fingerprint density at radius 2 is 2.06 bits per heavy atom. The highest BCUT2D eigenvalue weighted by atomic mass is 32.1. The van der Waals surface area contributed by atoms with Gasteiger partial charge in [0.15, 0.2) is 11.1 Å². The minimum atomic E-state index is -0.498. The van der Waals surface area contributed by atoms with Crippen molar-refractivity contribution in [2.75, 3.05) is 13.1 Å². The van der Waals surface area contributed by atoms with Crippen LogP contribution in [-0.4, -0.2) is 59.6 Å². The van der Waals surface area contributed by atoms with E-state index in [0.717, 1.165) is 43.6 Å². The zero-order chi connectivity index (χ0) is 22.5. The highest BCUT2D eigenvalue weighted by molar-refractivity contribution is 7.17. The van der Waals surface area contributed by atoms with Gasteiger partial charge in [-0.3, -0.25) is 14.8 Å². The first-order chi connectivity index (χ1) is 16.0. The molecule has 2 aliphatic rings. The monoisotopic (exact) mass is 463 g/mol. The van der Waals surface area contributed by atoms with E-state index in [1.54, 1.807) is 16.8 Å². The molecule has 11 heteroatoms. The van der Waals surface area contributed by atoms with Gasteiger partial charge in [-0.2, -0.15) is 9.61 Å². The van der Waals surface area contributed by atoms with Crippen molar-refractivity contribution in [3.8, 4) is 16.5 Å². The van der Waals surface area contributed by atoms with E-state index < -0.39 is 5.69 Å². The number of fused-ring (bicyclic) bond motifs is 1. The predicted molar refractivity (Wildman–Crippen MR) is 122 cm³/mol. The Hall–Kier alpha value is -3.73. The van der Waals surface area contributed by atoms with Gasteiger partial charge in [-0.15, -0.1) is 11.3 Å². The number of nitrogens with zero attached hydrogens (tertiary/aromatic N) is 5. The summed E-state index contributed by atoms with van der Waals surface area (Å²) in [5, 5.41) is 15.0. The smallest absolute Gasteiger partial charge is 0.326 e. The van der Waals surface area contributed by atoms with Gasteiger partial charge in [0.2, 0.25) is 5.88 Å². The van der Waals surface area contributed by atoms with Crippen LogP contribution in [0.1, 0.15) is 41.0 Å². The fraction of sp³-hybridized carbons (Fsp3) is 0.318. The lowest BCUT2D eigenvalue weighted by molar-refractivity contribution is 0.0797. The van der Waals surface area contributed by atoms with Crippen molar-refractivity contribution >= 4 is 29.0 Å². The lowest BCUT2D eigenvalue weighted by Crippen LogP contribution is -2.26. The van der Waals surface area contributed by atoms with Crippen molar-refractivity contribution in [1.29, 1.82) is 0 Å². The molecule has 0 atom stereocenters. The van der Waals surface area contributed by atoms with Crippen molar-refractivity contribution in [3.05, 3.63) is 56.2 Å². The molecule has 1 amide bonds. The summed E-state index contributed by atoms with van der Waals surface area (Å²) >= 11 is 1.42. The molecule has 168 valence electrons. The Morgan fingerprint density at radius 3 is 2.79 bits per heavy atom. The second-order valence-electron chi connectivity index (χ2n) is 8.34. The number of rotatable bonds is 4. The summed E-state index contributed by atoms with van der Waals surface area (Å²) in [4.78, 5) is 42.2. The maximum absolute atomic E-state index is 12.8. The third-order valence-corrected chi connectivity index (χ3v) is 6.94. The molecule has 1 saturated heterocycles. The maximum atomic E-state index is 12.8. The third-order valence-electron chi connectivity index (χ3n) is 5.84. The zero-order valence-electron chi connectivity index (χ0n) is 17.6. The molecule has 10 nitrogen and oxygen atoms in total. The molecule has 3 N–H and O–H groups in total. The normalized spacial score (nSPS) is 17.5. The first-order valence-electron chi connectivity index (χ1n) is 10.9. The largest absolute Gasteiger partial charge is 0.493 e. The maximum Gasteiger partial charge on any atom is 0.326 e. The Labute approximate surface area is 190 Å². The van der Waals surface area contributed by atoms with Crippen LogP contribution in [0, 0.1) is 0 Å². The Balaban J connectivity index is 1.48. The fourth-order valence-corrected chi connectivity index (χ4v) is 4.92. The van der Waals surface area contributed by atoms with Gasteiger partial charge in [0.1, 0.15) is 5.69 Å². The quantitative estimate of drug-likeness (QED) is 0.416. The number of carbonyl (C=O) groups is 1. The number of imidazole rings is 1. The number of thiophene rings is 1. The molecule has 0 unspecified atom stereocenters. The molecular formula is C22H21N7O3S. The number of aromatic hydroxyl groups is 1. The molecule has 4 aromatic heterocycles. The molecule has 33 heavy (non-hydrogen) atoms. The highest BCUT2D eigenvalue weighted by Gasteiger charge is 2.23. The van der Waals surface area contributed by atoms with E-state index in [0.29, 0.717) is 26.9 Å². The summed E-state index contributed by atoms with van der Waals surface area (Å²) < 4.78 is 1.67. The number of nitrogens with one attached hydrogen (secondary N) is 2. The number of aromatic amines is 2. The van der Waals surface area contributed by atoms with Crippen LogP contribution in [-0.2, 0) is 0 Å². The standard InChI is InChI=1S/C22H21N7O3S/c30-20-15(26-22(32)27-20)9-12-11-23-29-18(24-13-3-4-13)10-14(25-19(12)29)16-5-6-17(33-16)21(31)28-7-1-2-8-28/h5-6,9-11,13,30H,1-4,7-8H2,(H2,26,27,32). The molecule has 6 rings (SSSR count). The molecule has 5 heterocycles. The second-order valence-corrected chi connectivity index (χ2v) is 9.43. The van der Waals surface area contributed by atoms with Crippen molar-refractivity contribution in [1.82, 2.24) is 29.5 Å². The van der Waals surface area contributed by atoms with E-state index in [2.05, 4.69) is 15.1 Å². The van der Waals surface area contributed by atoms with Gasteiger partial charge in [0.05, 0.1) is 27.7 Å². The van der Waals surface area contributed by atoms with Gasteiger partial charge in [0, 0.05) is 24.4 Å². The number of amides is 1. The average molecular weight is 464 g/mol. The van der Waals surface area contributed by atoms with Crippen molar-refractivity contribution in [2.24, 2.45) is 4.99 Å². The van der Waals surface area contributed by atoms with E-state index in [9.17, 15) is 14.7 Å². The summed E-state index contributed by atoms with van der Waals surface area (Å²) in [6.07, 6.45) is 7.44. The number of carbonyl (C=O) groups excluding carboxylic acids is 1. The van der Waals surface area contributed by atoms with E-state index in [1.807, 2.05) is 23.1 Å². The Morgan fingerprint density at radius 1 is 1.24 bits per heavy atom. The minimum Gasteiger partial charge on any atom is -0.493 e. The van der Waals surface area contributed by atoms with Crippen LogP contribution < -0.4 is 16.4 Å². The number of hydrogen-bond donors (Lipinski definition) is 3. The number of hydrogen-bond acceptors (Lipinski definition) is 7. The molecule has 0 radical (unpaired) electrons. The predicted octanol–water partition coefficient (Wildman–Crippen LogP) is 1.03. The van der Waals surface area contributed by atoms with Gasteiger partial charge >= 0.3 is 5.69 Å². The van der Waals surface area contributed by atoms with Gasteiger partial charge < -0.3 is 15.0 Å². The SMILES string of the molecule is O=C(c1ccc(-c2cc(=NC3CC3)n3ncc(=Cc4[nH]c(=O)[nH]c4O)c3n2)s1)N1CCCC1. The van der Waals surface area contributed by atoms with Crippen LogP contribution in [0.5, 0.6) is 5.88 Å². The van der Waals surface area contributed by atoms with Crippen LogP contribution in [0.3, 0.4) is 0 Å². The second kappa shape index (κ2) is 7.69. The molecule has 1 aliphatic carbocycles. The molecule has 0 spiro atoms. The summed E-state index contributed by atoms with van der Waals surface area (Å²) in [5.41, 5.74) is 1.69. The molecule has 1 aliphatic heterocycles. The first-order valence-corrected chi connectivity index (χ1v) is 11.7. The molecule has 1 saturated carbocycles. The minimum absolute atomic E-state index is 0.0676. The molecule has 4 aromatic rings. The molecule has 2 fully saturated rings.